The van der Waals surface area contributed by atoms with E-state index in [2.05, 4.69) is 24.9 Å². The molecule has 0 atom stereocenters. The highest BCUT2D eigenvalue weighted by Crippen LogP contribution is 2.44. The number of hydrogen-bond donors (Lipinski definition) is 1. The second kappa shape index (κ2) is 6.26. The van der Waals surface area contributed by atoms with Crippen molar-refractivity contribution < 1.29 is 14.3 Å². The van der Waals surface area contributed by atoms with Gasteiger partial charge in [-0.1, -0.05) is 19.9 Å². The van der Waals surface area contributed by atoms with Crippen molar-refractivity contribution in [1.29, 1.82) is 5.26 Å². The molecule has 5 nitrogen and oxygen atoms in total. The molecule has 3 aromatic rings. The molecule has 4 rings (SSSR count). The molecule has 0 aliphatic heterocycles. The summed E-state index contributed by atoms with van der Waals surface area (Å²) in [5.74, 6) is 0.719. The molecule has 1 N–H and O–H groups in total. The number of nitriles is 1. The maximum Gasteiger partial charge on any atom is 0.195 e. The van der Waals surface area contributed by atoms with Crippen molar-refractivity contribution in [2.75, 3.05) is 20.3 Å². The van der Waals surface area contributed by atoms with E-state index in [1.54, 1.807) is 19.2 Å². The molecule has 1 aromatic heterocycles. The number of carbonyl (C=O) groups excluding carboxylic acids is 1. The number of ether oxygens (including phenoxy) is 2. The maximum atomic E-state index is 13.3. The number of carbonyl (C=O) groups is 1. The number of methoxy groups -OCH3 is 1. The Morgan fingerprint density at radius 1 is 1.15 bits per heavy atom. The molecule has 1 aliphatic rings. The summed E-state index contributed by atoms with van der Waals surface area (Å²) in [7, 11) is 1.63. The molecule has 0 amide bonds. The van der Waals surface area contributed by atoms with Crippen LogP contribution in [0.5, 0.6) is 5.75 Å². The van der Waals surface area contributed by atoms with Crippen molar-refractivity contribution in [3.63, 3.8) is 0 Å². The molecular weight excluding hydrogens is 340 g/mol. The van der Waals surface area contributed by atoms with Crippen molar-refractivity contribution in [2.24, 2.45) is 0 Å². The zero-order chi connectivity index (χ0) is 19.2. The van der Waals surface area contributed by atoms with Gasteiger partial charge in [0.2, 0.25) is 0 Å². The van der Waals surface area contributed by atoms with Gasteiger partial charge in [0.05, 0.1) is 23.8 Å². The van der Waals surface area contributed by atoms with E-state index in [0.717, 1.165) is 27.9 Å². The second-order valence-corrected chi connectivity index (χ2v) is 7.25. The molecule has 136 valence electrons. The van der Waals surface area contributed by atoms with Crippen LogP contribution in [0.3, 0.4) is 0 Å². The summed E-state index contributed by atoms with van der Waals surface area (Å²) < 4.78 is 10.8. The summed E-state index contributed by atoms with van der Waals surface area (Å²) in [5, 5.41) is 10.0. The fraction of sp³-hybridized carbons (Fsp3) is 0.273. The van der Waals surface area contributed by atoms with Crippen molar-refractivity contribution >= 4 is 16.7 Å². The smallest absolute Gasteiger partial charge is 0.195 e. The maximum absolute atomic E-state index is 13.3. The van der Waals surface area contributed by atoms with Crippen LogP contribution in [0, 0.1) is 11.3 Å². The van der Waals surface area contributed by atoms with Gasteiger partial charge in [0.25, 0.3) is 0 Å². The van der Waals surface area contributed by atoms with Crippen LogP contribution < -0.4 is 4.74 Å². The Hall–Kier alpha value is -3.10. The first-order chi connectivity index (χ1) is 13.0. The Balaban J connectivity index is 1.86. The van der Waals surface area contributed by atoms with Crippen LogP contribution in [-0.2, 0) is 10.2 Å². The average Bonchev–Trinajstić information content (AvgIpc) is 3.06. The van der Waals surface area contributed by atoms with Gasteiger partial charge in [-0.2, -0.15) is 5.26 Å². The van der Waals surface area contributed by atoms with Gasteiger partial charge in [0.15, 0.2) is 5.78 Å². The van der Waals surface area contributed by atoms with Gasteiger partial charge >= 0.3 is 0 Å². The van der Waals surface area contributed by atoms with Crippen molar-refractivity contribution in [1.82, 2.24) is 4.98 Å². The molecule has 0 saturated heterocycles. The molecule has 5 heteroatoms. The monoisotopic (exact) mass is 360 g/mol. The number of nitrogens with one attached hydrogen (secondary N) is 1. The number of aromatic nitrogens is 1. The van der Waals surface area contributed by atoms with Crippen molar-refractivity contribution in [3.8, 4) is 11.8 Å². The van der Waals surface area contributed by atoms with Gasteiger partial charge in [0.1, 0.15) is 12.4 Å². The quantitative estimate of drug-likeness (QED) is 0.715. The summed E-state index contributed by atoms with van der Waals surface area (Å²) >= 11 is 0. The third-order valence-electron chi connectivity index (χ3n) is 5.24. The lowest BCUT2D eigenvalue weighted by molar-refractivity contribution is 0.103. The van der Waals surface area contributed by atoms with E-state index in [-0.39, 0.29) is 5.78 Å². The first-order valence-corrected chi connectivity index (χ1v) is 8.84. The van der Waals surface area contributed by atoms with E-state index in [9.17, 15) is 4.79 Å². The van der Waals surface area contributed by atoms with Crippen LogP contribution in [0.15, 0.2) is 36.4 Å². The zero-order valence-electron chi connectivity index (χ0n) is 15.6. The van der Waals surface area contributed by atoms with Gasteiger partial charge in [-0.05, 0) is 35.9 Å². The van der Waals surface area contributed by atoms with Gasteiger partial charge in [-0.15, -0.1) is 0 Å². The first-order valence-electron chi connectivity index (χ1n) is 8.84. The Labute approximate surface area is 157 Å². The number of nitrogens with zero attached hydrogens (tertiary/aromatic N) is 1. The Morgan fingerprint density at radius 2 is 1.96 bits per heavy atom. The molecule has 1 heterocycles. The minimum atomic E-state index is -0.398. The van der Waals surface area contributed by atoms with Gasteiger partial charge in [-0.25, -0.2) is 0 Å². The van der Waals surface area contributed by atoms with E-state index in [4.69, 9.17) is 14.7 Å². The molecule has 0 unspecified atom stereocenters. The standard InChI is InChI=1S/C22H20N2O3/c1-22(2)17-11-14(27-9-8-26-3)5-7-15(17)20(25)19-16-6-4-13(12-23)10-18(16)24-21(19)22/h4-7,10-11,24H,8-9H2,1-3H3. The minimum Gasteiger partial charge on any atom is -0.491 e. The highest BCUT2D eigenvalue weighted by atomic mass is 16.5. The summed E-state index contributed by atoms with van der Waals surface area (Å²) in [6.07, 6.45) is 0. The molecule has 2 aromatic carbocycles. The molecule has 0 saturated carbocycles. The van der Waals surface area contributed by atoms with Crippen LogP contribution in [0.2, 0.25) is 0 Å². The second-order valence-electron chi connectivity index (χ2n) is 7.25. The lowest BCUT2D eigenvalue weighted by Crippen LogP contribution is -2.30. The highest BCUT2D eigenvalue weighted by molar-refractivity contribution is 6.20. The van der Waals surface area contributed by atoms with Crippen LogP contribution >= 0.6 is 0 Å². The van der Waals surface area contributed by atoms with E-state index in [0.29, 0.717) is 29.9 Å². The Morgan fingerprint density at radius 3 is 2.70 bits per heavy atom. The van der Waals surface area contributed by atoms with E-state index in [1.807, 2.05) is 24.3 Å². The molecule has 0 radical (unpaired) electrons. The predicted octanol–water partition coefficient (Wildman–Crippen LogP) is 3.94. The number of aromatic amines is 1. The average molecular weight is 360 g/mol. The van der Waals surface area contributed by atoms with Gasteiger partial charge < -0.3 is 14.5 Å². The SMILES string of the molecule is COCCOc1ccc2c(c1)C(C)(C)c1[nH]c3cc(C#N)ccc3c1C2=O. The topological polar surface area (TPSA) is 75.1 Å². The van der Waals surface area contributed by atoms with Crippen LogP contribution in [0.25, 0.3) is 10.9 Å². The molecule has 0 bridgehead atoms. The van der Waals surface area contributed by atoms with Crippen LogP contribution in [0.4, 0.5) is 0 Å². The number of benzene rings is 2. The number of H-pyrrole nitrogens is 1. The van der Waals surface area contributed by atoms with Crippen LogP contribution in [-0.4, -0.2) is 31.1 Å². The summed E-state index contributed by atoms with van der Waals surface area (Å²) in [4.78, 5) is 16.6. The van der Waals surface area contributed by atoms with E-state index in [1.165, 1.54) is 0 Å². The normalized spacial score (nSPS) is 14.5. The Bertz CT molecular complexity index is 1100. The molecule has 1 aliphatic carbocycles. The number of ketones is 1. The van der Waals surface area contributed by atoms with Gasteiger partial charge in [0, 0.05) is 34.7 Å². The predicted molar refractivity (Wildman–Crippen MR) is 102 cm³/mol. The highest BCUT2D eigenvalue weighted by Gasteiger charge is 2.39. The van der Waals surface area contributed by atoms with Gasteiger partial charge in [-0.3, -0.25) is 4.79 Å². The van der Waals surface area contributed by atoms with E-state index >= 15 is 0 Å². The summed E-state index contributed by atoms with van der Waals surface area (Å²) in [6, 6.07) is 13.2. The Kier molecular flexibility index (Phi) is 4.01. The lowest BCUT2D eigenvalue weighted by Gasteiger charge is -2.32. The third-order valence-corrected chi connectivity index (χ3v) is 5.24. The fourth-order valence-corrected chi connectivity index (χ4v) is 3.81. The number of rotatable bonds is 4. The molecule has 0 spiro atoms. The molecular formula is C22H20N2O3. The van der Waals surface area contributed by atoms with Crippen molar-refractivity contribution in [2.45, 2.75) is 19.3 Å². The molecule has 0 fully saturated rings. The third kappa shape index (κ3) is 2.61. The van der Waals surface area contributed by atoms with Crippen molar-refractivity contribution in [3.05, 3.63) is 64.3 Å². The summed E-state index contributed by atoms with van der Waals surface area (Å²) in [6.45, 7) is 5.15. The summed E-state index contributed by atoms with van der Waals surface area (Å²) in [5.41, 5.74) is 4.17. The zero-order valence-corrected chi connectivity index (χ0v) is 15.6. The largest absolute Gasteiger partial charge is 0.491 e. The molecule has 27 heavy (non-hydrogen) atoms. The number of fused-ring (bicyclic) bond motifs is 4. The fourth-order valence-electron chi connectivity index (χ4n) is 3.81. The first kappa shape index (κ1) is 17.3. The lowest BCUT2D eigenvalue weighted by atomic mass is 9.71. The van der Waals surface area contributed by atoms with Crippen LogP contribution in [0.1, 0.15) is 46.6 Å². The number of hydrogen-bond acceptors (Lipinski definition) is 4. The minimum absolute atomic E-state index is 0.00118. The van der Waals surface area contributed by atoms with E-state index < -0.39 is 5.41 Å².